The van der Waals surface area contributed by atoms with Crippen molar-refractivity contribution < 1.29 is 14.7 Å². The predicted octanol–water partition coefficient (Wildman–Crippen LogP) is 2.15. The van der Waals surface area contributed by atoms with Crippen molar-refractivity contribution in [3.05, 3.63) is 29.8 Å². The first-order valence-electron chi connectivity index (χ1n) is 5.24. The highest BCUT2D eigenvalue weighted by Gasteiger charge is 2.18. The maximum Gasteiger partial charge on any atom is 0.337 e. The maximum atomic E-state index is 11.7. The number of rotatable bonds is 4. The van der Waals surface area contributed by atoms with Crippen molar-refractivity contribution >= 4 is 17.6 Å². The van der Waals surface area contributed by atoms with Crippen LogP contribution in [0.1, 0.15) is 30.6 Å². The number of hydrogen-bond donors (Lipinski definition) is 1. The molecule has 0 heterocycles. The summed E-state index contributed by atoms with van der Waals surface area (Å²) in [4.78, 5) is 24.2. The lowest BCUT2D eigenvalue weighted by molar-refractivity contribution is -0.118. The summed E-state index contributed by atoms with van der Waals surface area (Å²) >= 11 is 0. The highest BCUT2D eigenvalue weighted by atomic mass is 16.4. The highest BCUT2D eigenvalue weighted by molar-refractivity contribution is 6.01. The number of para-hydroxylation sites is 1. The molecule has 0 aliphatic rings. The maximum absolute atomic E-state index is 11.7. The molecule has 0 bridgehead atoms. The van der Waals surface area contributed by atoms with Gasteiger partial charge in [0, 0.05) is 13.0 Å². The fraction of sp³-hybridized carbons (Fsp3) is 0.333. The van der Waals surface area contributed by atoms with Gasteiger partial charge in [-0.1, -0.05) is 19.1 Å². The molecule has 1 aromatic rings. The van der Waals surface area contributed by atoms with Crippen LogP contribution in [-0.4, -0.2) is 23.5 Å². The second kappa shape index (κ2) is 5.30. The smallest absolute Gasteiger partial charge is 0.337 e. The fourth-order valence-electron chi connectivity index (χ4n) is 1.56. The monoisotopic (exact) mass is 221 g/mol. The van der Waals surface area contributed by atoms with Crippen LogP contribution < -0.4 is 4.90 Å². The predicted molar refractivity (Wildman–Crippen MR) is 61.7 cm³/mol. The Hall–Kier alpha value is -1.84. The summed E-state index contributed by atoms with van der Waals surface area (Å²) in [7, 11) is 0. The highest BCUT2D eigenvalue weighted by Crippen LogP contribution is 2.20. The van der Waals surface area contributed by atoms with E-state index in [-0.39, 0.29) is 11.5 Å². The first-order valence-corrected chi connectivity index (χ1v) is 5.24. The fourth-order valence-corrected chi connectivity index (χ4v) is 1.56. The lowest BCUT2D eigenvalue weighted by Crippen LogP contribution is -2.31. The van der Waals surface area contributed by atoms with Crippen LogP contribution in [0.25, 0.3) is 0 Å². The third-order valence-corrected chi connectivity index (χ3v) is 2.34. The molecule has 86 valence electrons. The van der Waals surface area contributed by atoms with Gasteiger partial charge in [-0.05, 0) is 19.1 Å². The first-order chi connectivity index (χ1) is 7.61. The number of aromatic carboxylic acids is 1. The van der Waals surface area contributed by atoms with Crippen LogP contribution in [0, 0.1) is 0 Å². The van der Waals surface area contributed by atoms with E-state index in [0.29, 0.717) is 18.7 Å². The molecule has 1 rings (SSSR count). The second-order valence-electron chi connectivity index (χ2n) is 3.31. The standard InChI is InChI=1S/C12H15NO3/c1-3-11(14)13(4-2)10-8-6-5-7-9(10)12(15)16/h5-8H,3-4H2,1-2H3,(H,15,16). The van der Waals surface area contributed by atoms with E-state index < -0.39 is 5.97 Å². The largest absolute Gasteiger partial charge is 0.478 e. The van der Waals surface area contributed by atoms with Gasteiger partial charge in [0.2, 0.25) is 5.91 Å². The molecular weight excluding hydrogens is 206 g/mol. The number of hydrogen-bond acceptors (Lipinski definition) is 2. The summed E-state index contributed by atoms with van der Waals surface area (Å²) in [5.74, 6) is -1.09. The quantitative estimate of drug-likeness (QED) is 0.847. The number of carbonyl (C=O) groups is 2. The first kappa shape index (κ1) is 12.2. The van der Waals surface area contributed by atoms with E-state index >= 15 is 0 Å². The Labute approximate surface area is 94.5 Å². The van der Waals surface area contributed by atoms with Crippen molar-refractivity contribution in [2.24, 2.45) is 0 Å². The van der Waals surface area contributed by atoms with Gasteiger partial charge in [-0.15, -0.1) is 0 Å². The minimum Gasteiger partial charge on any atom is -0.478 e. The van der Waals surface area contributed by atoms with Crippen molar-refractivity contribution in [2.45, 2.75) is 20.3 Å². The lowest BCUT2D eigenvalue weighted by atomic mass is 10.1. The summed E-state index contributed by atoms with van der Waals surface area (Å²) in [6, 6.07) is 6.54. The molecule has 0 spiro atoms. The van der Waals surface area contributed by atoms with Crippen LogP contribution in [0.15, 0.2) is 24.3 Å². The molecule has 0 aliphatic carbocycles. The Morgan fingerprint density at radius 2 is 1.88 bits per heavy atom. The van der Waals surface area contributed by atoms with E-state index in [1.54, 1.807) is 25.1 Å². The number of carbonyl (C=O) groups excluding carboxylic acids is 1. The minimum atomic E-state index is -1.02. The molecule has 1 amide bonds. The Balaban J connectivity index is 3.19. The molecule has 0 radical (unpaired) electrons. The van der Waals surface area contributed by atoms with Crippen molar-refractivity contribution in [2.75, 3.05) is 11.4 Å². The second-order valence-corrected chi connectivity index (χ2v) is 3.31. The summed E-state index contributed by atoms with van der Waals surface area (Å²) in [5, 5.41) is 9.03. The SMILES string of the molecule is CCC(=O)N(CC)c1ccccc1C(=O)O. The number of carboxylic acids is 1. The Morgan fingerprint density at radius 1 is 1.25 bits per heavy atom. The molecule has 16 heavy (non-hydrogen) atoms. The van der Waals surface area contributed by atoms with Gasteiger partial charge in [0.05, 0.1) is 11.3 Å². The van der Waals surface area contributed by atoms with Gasteiger partial charge in [0.25, 0.3) is 0 Å². The number of anilines is 1. The summed E-state index contributed by atoms with van der Waals surface area (Å²) in [5.41, 5.74) is 0.621. The zero-order valence-corrected chi connectivity index (χ0v) is 9.43. The van der Waals surface area contributed by atoms with Crippen LogP contribution in [0.3, 0.4) is 0 Å². The van der Waals surface area contributed by atoms with E-state index in [4.69, 9.17) is 5.11 Å². The number of carboxylic acid groups (broad SMARTS) is 1. The molecule has 0 saturated carbocycles. The molecule has 0 saturated heterocycles. The van der Waals surface area contributed by atoms with E-state index in [1.807, 2.05) is 6.92 Å². The molecule has 4 nitrogen and oxygen atoms in total. The molecule has 0 atom stereocenters. The molecule has 0 unspecified atom stereocenters. The summed E-state index contributed by atoms with van der Waals surface area (Å²) in [6.45, 7) is 4.05. The minimum absolute atomic E-state index is 0.0730. The normalized spacial score (nSPS) is 9.88. The van der Waals surface area contributed by atoms with Crippen molar-refractivity contribution in [1.82, 2.24) is 0 Å². The molecule has 4 heteroatoms. The molecule has 1 aromatic carbocycles. The van der Waals surface area contributed by atoms with Gasteiger partial charge in [-0.2, -0.15) is 0 Å². The summed E-state index contributed by atoms with van der Waals surface area (Å²) in [6.07, 6.45) is 0.363. The van der Waals surface area contributed by atoms with Crippen molar-refractivity contribution in [1.29, 1.82) is 0 Å². The number of benzene rings is 1. The zero-order chi connectivity index (χ0) is 12.1. The van der Waals surface area contributed by atoms with Gasteiger partial charge >= 0.3 is 5.97 Å². The van der Waals surface area contributed by atoms with Gasteiger partial charge in [-0.25, -0.2) is 4.79 Å². The van der Waals surface area contributed by atoms with E-state index in [9.17, 15) is 9.59 Å². The Bertz CT molecular complexity index is 401. The topological polar surface area (TPSA) is 57.6 Å². The molecular formula is C12H15NO3. The van der Waals surface area contributed by atoms with Gasteiger partial charge in [0.15, 0.2) is 0 Å². The van der Waals surface area contributed by atoms with Crippen LogP contribution in [0.2, 0.25) is 0 Å². The molecule has 1 N–H and O–H groups in total. The number of nitrogens with zero attached hydrogens (tertiary/aromatic N) is 1. The van der Waals surface area contributed by atoms with Crippen LogP contribution >= 0.6 is 0 Å². The van der Waals surface area contributed by atoms with Gasteiger partial charge in [-0.3, -0.25) is 4.79 Å². The average molecular weight is 221 g/mol. The third kappa shape index (κ3) is 2.39. The molecule has 0 aromatic heterocycles. The zero-order valence-electron chi connectivity index (χ0n) is 9.43. The van der Waals surface area contributed by atoms with Gasteiger partial charge < -0.3 is 10.0 Å². The van der Waals surface area contributed by atoms with E-state index in [0.717, 1.165) is 0 Å². The van der Waals surface area contributed by atoms with Crippen LogP contribution in [0.5, 0.6) is 0 Å². The number of amides is 1. The van der Waals surface area contributed by atoms with Gasteiger partial charge in [0.1, 0.15) is 0 Å². The Kier molecular flexibility index (Phi) is 4.05. The lowest BCUT2D eigenvalue weighted by Gasteiger charge is -2.22. The van der Waals surface area contributed by atoms with E-state index in [2.05, 4.69) is 0 Å². The third-order valence-electron chi connectivity index (χ3n) is 2.34. The van der Waals surface area contributed by atoms with E-state index in [1.165, 1.54) is 11.0 Å². The van der Waals surface area contributed by atoms with Crippen LogP contribution in [0.4, 0.5) is 5.69 Å². The average Bonchev–Trinajstić information content (AvgIpc) is 2.30. The summed E-state index contributed by atoms with van der Waals surface area (Å²) < 4.78 is 0. The molecule has 0 aliphatic heterocycles. The molecule has 0 fully saturated rings. The van der Waals surface area contributed by atoms with Crippen molar-refractivity contribution in [3.8, 4) is 0 Å². The van der Waals surface area contributed by atoms with Crippen LogP contribution in [-0.2, 0) is 4.79 Å². The Morgan fingerprint density at radius 3 is 2.38 bits per heavy atom. The van der Waals surface area contributed by atoms with Crippen molar-refractivity contribution in [3.63, 3.8) is 0 Å².